The smallest absolute Gasteiger partial charge is 0.273 e. The van der Waals surface area contributed by atoms with E-state index in [0.29, 0.717) is 17.1 Å². The summed E-state index contributed by atoms with van der Waals surface area (Å²) in [6.07, 6.45) is -0.854. The number of benzene rings is 2. The van der Waals surface area contributed by atoms with Gasteiger partial charge in [-0.15, -0.1) is 11.3 Å². The Bertz CT molecular complexity index is 1140. The minimum atomic E-state index is -3.63. The number of carbonyl (C=O) groups is 1. The van der Waals surface area contributed by atoms with Gasteiger partial charge in [-0.1, -0.05) is 17.7 Å². The zero-order chi connectivity index (χ0) is 21.9. The van der Waals surface area contributed by atoms with Crippen LogP contribution in [-0.2, 0) is 14.8 Å². The second kappa shape index (κ2) is 9.03. The average molecular weight is 469 g/mol. The third-order valence-electron chi connectivity index (χ3n) is 4.18. The molecule has 158 valence electrons. The van der Waals surface area contributed by atoms with Gasteiger partial charge in [0.05, 0.1) is 10.7 Å². The molecule has 0 unspecified atom stereocenters. The van der Waals surface area contributed by atoms with Crippen molar-refractivity contribution in [3.63, 3.8) is 0 Å². The van der Waals surface area contributed by atoms with Crippen molar-refractivity contribution in [1.29, 1.82) is 0 Å². The molecule has 30 heavy (non-hydrogen) atoms. The molecule has 3 rings (SSSR count). The second-order valence-electron chi connectivity index (χ2n) is 6.28. The van der Waals surface area contributed by atoms with Crippen LogP contribution < -0.4 is 14.4 Å². The van der Waals surface area contributed by atoms with Crippen LogP contribution in [0.4, 0.5) is 15.8 Å². The van der Waals surface area contributed by atoms with Gasteiger partial charge in [-0.2, -0.15) is 0 Å². The van der Waals surface area contributed by atoms with Crippen molar-refractivity contribution in [2.45, 2.75) is 17.2 Å². The summed E-state index contributed by atoms with van der Waals surface area (Å²) in [5.74, 6) is -0.635. The maximum absolute atomic E-state index is 13.2. The molecule has 1 N–H and O–H groups in total. The van der Waals surface area contributed by atoms with Crippen LogP contribution in [0.5, 0.6) is 5.75 Å². The molecule has 6 nitrogen and oxygen atoms in total. The minimum Gasteiger partial charge on any atom is -0.481 e. The van der Waals surface area contributed by atoms with Gasteiger partial charge in [0.15, 0.2) is 6.10 Å². The lowest BCUT2D eigenvalue weighted by molar-refractivity contribution is -0.122. The Labute approximate surface area is 182 Å². The number of ether oxygens (including phenoxy) is 1. The van der Waals surface area contributed by atoms with Crippen LogP contribution in [0.15, 0.2) is 64.2 Å². The van der Waals surface area contributed by atoms with Gasteiger partial charge >= 0.3 is 0 Å². The molecule has 0 spiro atoms. The van der Waals surface area contributed by atoms with Crippen LogP contribution in [0.25, 0.3) is 0 Å². The molecule has 10 heteroatoms. The molecule has 1 atom stereocenters. The Morgan fingerprint density at radius 1 is 1.20 bits per heavy atom. The third-order valence-corrected chi connectivity index (χ3v) is 7.63. The van der Waals surface area contributed by atoms with E-state index in [0.717, 1.165) is 17.4 Å². The van der Waals surface area contributed by atoms with E-state index in [1.165, 1.54) is 23.5 Å². The summed E-state index contributed by atoms with van der Waals surface area (Å²) in [7, 11) is -2.16. The number of nitrogens with one attached hydrogen (secondary N) is 1. The Morgan fingerprint density at radius 2 is 1.90 bits per heavy atom. The summed E-state index contributed by atoms with van der Waals surface area (Å²) in [6.45, 7) is 1.56. The first kappa shape index (κ1) is 22.1. The molecule has 0 fully saturated rings. The molecule has 0 saturated carbocycles. The maximum Gasteiger partial charge on any atom is 0.273 e. The number of rotatable bonds is 7. The molecule has 1 heterocycles. The molecule has 0 aliphatic carbocycles. The highest BCUT2D eigenvalue weighted by atomic mass is 35.5. The van der Waals surface area contributed by atoms with E-state index in [-0.39, 0.29) is 9.23 Å². The molecular weight excluding hydrogens is 451 g/mol. The van der Waals surface area contributed by atoms with E-state index in [1.54, 1.807) is 48.7 Å². The summed E-state index contributed by atoms with van der Waals surface area (Å²) in [5, 5.41) is 4.19. The topological polar surface area (TPSA) is 75.7 Å². The Morgan fingerprint density at radius 3 is 2.50 bits per heavy atom. The number of hydrogen-bond acceptors (Lipinski definition) is 5. The van der Waals surface area contributed by atoms with E-state index < -0.39 is 27.9 Å². The first-order valence-electron chi connectivity index (χ1n) is 8.73. The summed E-state index contributed by atoms with van der Waals surface area (Å²) in [4.78, 5) is 12.3. The van der Waals surface area contributed by atoms with E-state index >= 15 is 0 Å². The highest BCUT2D eigenvalue weighted by molar-refractivity contribution is 7.94. The van der Waals surface area contributed by atoms with Gasteiger partial charge in [-0.3, -0.25) is 9.10 Å². The van der Waals surface area contributed by atoms with Gasteiger partial charge in [-0.05, 0) is 60.8 Å². The lowest BCUT2D eigenvalue weighted by Crippen LogP contribution is -2.30. The van der Waals surface area contributed by atoms with Gasteiger partial charge in [-0.25, -0.2) is 12.8 Å². The van der Waals surface area contributed by atoms with Gasteiger partial charge < -0.3 is 10.1 Å². The van der Waals surface area contributed by atoms with Crippen LogP contribution in [-0.4, -0.2) is 27.5 Å². The van der Waals surface area contributed by atoms with E-state index in [4.69, 9.17) is 16.3 Å². The van der Waals surface area contributed by atoms with Crippen molar-refractivity contribution in [1.82, 2.24) is 0 Å². The van der Waals surface area contributed by atoms with Crippen molar-refractivity contribution in [3.05, 3.63) is 70.8 Å². The second-order valence-corrected chi connectivity index (χ2v) is 9.83. The molecule has 1 amide bonds. The molecule has 1 aromatic heterocycles. The zero-order valence-corrected chi connectivity index (χ0v) is 18.4. The largest absolute Gasteiger partial charge is 0.481 e. The van der Waals surface area contributed by atoms with Gasteiger partial charge in [0, 0.05) is 12.7 Å². The van der Waals surface area contributed by atoms with Crippen molar-refractivity contribution in [2.24, 2.45) is 0 Å². The van der Waals surface area contributed by atoms with Crippen molar-refractivity contribution in [2.75, 3.05) is 16.7 Å². The van der Waals surface area contributed by atoms with Gasteiger partial charge in [0.2, 0.25) is 0 Å². The number of halogens is 2. The molecular formula is C20H18ClFN2O4S2. The van der Waals surface area contributed by atoms with Gasteiger partial charge in [0.25, 0.3) is 15.9 Å². The van der Waals surface area contributed by atoms with Crippen molar-refractivity contribution < 1.29 is 22.3 Å². The summed E-state index contributed by atoms with van der Waals surface area (Å²) >= 11 is 6.85. The normalized spacial score (nSPS) is 12.3. The Kier molecular flexibility index (Phi) is 6.64. The number of sulfonamides is 1. The van der Waals surface area contributed by atoms with Crippen LogP contribution >= 0.6 is 22.9 Å². The van der Waals surface area contributed by atoms with Crippen LogP contribution in [0.3, 0.4) is 0 Å². The predicted molar refractivity (Wildman–Crippen MR) is 116 cm³/mol. The quantitative estimate of drug-likeness (QED) is 0.541. The van der Waals surface area contributed by atoms with Gasteiger partial charge in [0.1, 0.15) is 15.8 Å². The lowest BCUT2D eigenvalue weighted by atomic mass is 10.2. The summed E-state index contributed by atoms with van der Waals surface area (Å²) in [6, 6.07) is 13.4. The van der Waals surface area contributed by atoms with Crippen LogP contribution in [0.1, 0.15) is 6.92 Å². The summed E-state index contributed by atoms with van der Waals surface area (Å²) in [5.41, 5.74) is 0.798. The first-order valence-corrected chi connectivity index (χ1v) is 11.4. The molecule has 0 bridgehead atoms. The molecule has 2 aromatic carbocycles. The zero-order valence-electron chi connectivity index (χ0n) is 16.0. The van der Waals surface area contributed by atoms with Crippen molar-refractivity contribution in [3.8, 4) is 5.75 Å². The van der Waals surface area contributed by atoms with E-state index in [2.05, 4.69) is 5.32 Å². The fourth-order valence-electron chi connectivity index (χ4n) is 2.49. The fraction of sp³-hybridized carbons (Fsp3) is 0.150. The third kappa shape index (κ3) is 4.92. The number of hydrogen-bond donors (Lipinski definition) is 1. The molecule has 0 radical (unpaired) electrons. The maximum atomic E-state index is 13.2. The predicted octanol–water partition coefficient (Wildman–Crippen LogP) is 4.77. The number of amides is 1. The van der Waals surface area contributed by atoms with Crippen LogP contribution in [0, 0.1) is 5.82 Å². The highest BCUT2D eigenvalue weighted by Gasteiger charge is 2.22. The fourth-order valence-corrected chi connectivity index (χ4v) is 5.03. The van der Waals surface area contributed by atoms with Crippen molar-refractivity contribution >= 4 is 50.2 Å². The monoisotopic (exact) mass is 468 g/mol. The molecule has 0 saturated heterocycles. The van der Waals surface area contributed by atoms with Crippen LogP contribution in [0.2, 0.25) is 5.02 Å². The Hall–Kier alpha value is -2.62. The first-order chi connectivity index (χ1) is 14.2. The molecule has 0 aliphatic rings. The SMILES string of the molecule is C[C@H](Oc1ccc(N(C)S(=O)(=O)c2cccs2)cc1)C(=O)Nc1ccc(F)c(Cl)c1. The number of thiophene rings is 1. The van der Waals surface area contributed by atoms with E-state index in [1.807, 2.05) is 0 Å². The lowest BCUT2D eigenvalue weighted by Gasteiger charge is -2.19. The molecule has 3 aromatic rings. The Balaban J connectivity index is 1.64. The standard InChI is InChI=1S/C20H18ClFN2O4S2/c1-13(20(25)23-14-5-10-18(22)17(21)12-14)28-16-8-6-15(7-9-16)24(2)30(26,27)19-4-3-11-29-19/h3-13H,1-2H3,(H,23,25)/t13-/m0/s1. The highest BCUT2D eigenvalue weighted by Crippen LogP contribution is 2.27. The number of carbonyl (C=O) groups excluding carboxylic acids is 1. The summed E-state index contributed by atoms with van der Waals surface area (Å²) < 4.78 is 45.4. The molecule has 0 aliphatic heterocycles. The number of nitrogens with zero attached hydrogens (tertiary/aromatic N) is 1. The van der Waals surface area contributed by atoms with E-state index in [9.17, 15) is 17.6 Å². The average Bonchev–Trinajstić information content (AvgIpc) is 3.26. The minimum absolute atomic E-state index is 0.0985. The number of anilines is 2.